The van der Waals surface area contributed by atoms with Crippen LogP contribution in [0.2, 0.25) is 0 Å². The number of esters is 1. The van der Waals surface area contributed by atoms with Gasteiger partial charge in [0.25, 0.3) is 5.56 Å². The molecule has 1 saturated heterocycles. The van der Waals surface area contributed by atoms with E-state index in [9.17, 15) is 19.5 Å². The van der Waals surface area contributed by atoms with Crippen molar-refractivity contribution in [3.05, 3.63) is 70.0 Å². The topological polar surface area (TPSA) is 98.5 Å². The molecular weight excluding hydrogens is 380 g/mol. The number of ether oxygens (including phenoxy) is 1. The predicted molar refractivity (Wildman–Crippen MR) is 104 cm³/mol. The lowest BCUT2D eigenvalue weighted by molar-refractivity contribution is -0.137. The van der Waals surface area contributed by atoms with Crippen molar-refractivity contribution < 1.29 is 19.4 Å². The number of carbonyl (C=O) groups excluding carboxylic acids is 1. The van der Waals surface area contributed by atoms with E-state index in [0.717, 1.165) is 5.56 Å². The van der Waals surface area contributed by atoms with Gasteiger partial charge in [-0.25, -0.2) is 9.78 Å². The zero-order chi connectivity index (χ0) is 19.7. The van der Waals surface area contributed by atoms with Crippen molar-refractivity contribution in [2.75, 3.05) is 6.61 Å². The summed E-state index contributed by atoms with van der Waals surface area (Å²) in [7, 11) is 0. The Morgan fingerprint density at radius 3 is 2.68 bits per heavy atom. The lowest BCUT2D eigenvalue weighted by Crippen LogP contribution is -2.25. The maximum Gasteiger partial charge on any atom is 0.335 e. The number of benzene rings is 2. The highest BCUT2D eigenvalue weighted by atomic mass is 32.2. The Bertz CT molecular complexity index is 1130. The third-order valence-corrected chi connectivity index (χ3v) is 5.72. The van der Waals surface area contributed by atoms with Crippen LogP contribution in [0.25, 0.3) is 10.9 Å². The smallest absolute Gasteiger partial charge is 0.335 e. The molecule has 2 aromatic carbocycles. The van der Waals surface area contributed by atoms with E-state index >= 15 is 0 Å². The van der Waals surface area contributed by atoms with Crippen LogP contribution in [-0.2, 0) is 16.1 Å². The van der Waals surface area contributed by atoms with Crippen LogP contribution in [-0.4, -0.2) is 38.5 Å². The summed E-state index contributed by atoms with van der Waals surface area (Å²) in [6, 6.07) is 13.7. The third-order valence-electron chi connectivity index (χ3n) is 4.49. The first-order valence-electron chi connectivity index (χ1n) is 8.68. The Hall–Kier alpha value is -3.13. The van der Waals surface area contributed by atoms with E-state index in [1.165, 1.54) is 34.5 Å². The first-order chi connectivity index (χ1) is 13.5. The molecule has 0 amide bonds. The maximum atomic E-state index is 13.1. The fourth-order valence-corrected chi connectivity index (χ4v) is 4.10. The zero-order valence-corrected chi connectivity index (χ0v) is 15.5. The van der Waals surface area contributed by atoms with E-state index in [1.807, 2.05) is 30.3 Å². The van der Waals surface area contributed by atoms with Gasteiger partial charge < -0.3 is 9.84 Å². The van der Waals surface area contributed by atoms with Crippen LogP contribution in [0.4, 0.5) is 0 Å². The number of cyclic esters (lactones) is 1. The number of hydrogen-bond donors (Lipinski definition) is 1. The molecule has 4 rings (SSSR count). The molecule has 0 radical (unpaired) electrons. The number of rotatable bonds is 5. The minimum absolute atomic E-state index is 0.0523. The number of carboxylic acid groups (broad SMARTS) is 1. The van der Waals surface area contributed by atoms with E-state index < -0.39 is 11.2 Å². The minimum atomic E-state index is -1.09. The summed E-state index contributed by atoms with van der Waals surface area (Å²) in [6.07, 6.45) is 0.540. The van der Waals surface area contributed by atoms with Gasteiger partial charge >= 0.3 is 11.9 Å². The molecule has 8 heteroatoms. The number of thioether (sulfide) groups is 1. The average Bonchev–Trinajstić information content (AvgIpc) is 3.10. The summed E-state index contributed by atoms with van der Waals surface area (Å²) in [5.41, 5.74) is 0.989. The van der Waals surface area contributed by atoms with Crippen LogP contribution in [0, 0.1) is 0 Å². The minimum Gasteiger partial charge on any atom is -0.478 e. The van der Waals surface area contributed by atoms with Gasteiger partial charge in [-0.2, -0.15) is 0 Å². The molecule has 0 bridgehead atoms. The molecule has 3 aromatic rings. The number of aromatic nitrogens is 2. The van der Waals surface area contributed by atoms with E-state index in [0.29, 0.717) is 35.6 Å². The fourth-order valence-electron chi connectivity index (χ4n) is 3.04. The molecule has 1 aliphatic rings. The molecule has 1 aliphatic heterocycles. The summed E-state index contributed by atoms with van der Waals surface area (Å²) in [5.74, 6) is -1.42. The van der Waals surface area contributed by atoms with Crippen molar-refractivity contribution in [1.82, 2.24) is 9.55 Å². The quantitative estimate of drug-likeness (QED) is 0.523. The Balaban J connectivity index is 1.85. The number of aromatic carboxylic acids is 1. The van der Waals surface area contributed by atoms with Crippen molar-refractivity contribution in [3.8, 4) is 0 Å². The molecule has 7 nitrogen and oxygen atoms in total. The summed E-state index contributed by atoms with van der Waals surface area (Å²) in [5, 5.41) is 9.48. The van der Waals surface area contributed by atoms with Gasteiger partial charge in [-0.05, 0) is 23.8 Å². The van der Waals surface area contributed by atoms with Gasteiger partial charge in [-0.1, -0.05) is 42.1 Å². The lowest BCUT2D eigenvalue weighted by Gasteiger charge is -2.15. The Kier molecular flexibility index (Phi) is 4.87. The molecule has 0 aliphatic carbocycles. The van der Waals surface area contributed by atoms with Gasteiger partial charge in [0.1, 0.15) is 5.25 Å². The molecule has 1 atom stereocenters. The molecule has 0 spiro atoms. The van der Waals surface area contributed by atoms with E-state index in [4.69, 9.17) is 4.74 Å². The highest BCUT2D eigenvalue weighted by Crippen LogP contribution is 2.29. The Morgan fingerprint density at radius 2 is 2.00 bits per heavy atom. The van der Waals surface area contributed by atoms with Gasteiger partial charge in [-0.3, -0.25) is 14.2 Å². The molecular formula is C20H16N2O5S. The Morgan fingerprint density at radius 1 is 1.21 bits per heavy atom. The van der Waals surface area contributed by atoms with E-state index in [-0.39, 0.29) is 17.1 Å². The van der Waals surface area contributed by atoms with Crippen molar-refractivity contribution in [3.63, 3.8) is 0 Å². The van der Waals surface area contributed by atoms with Crippen molar-refractivity contribution in [1.29, 1.82) is 0 Å². The number of carboxylic acids is 1. The maximum absolute atomic E-state index is 13.1. The van der Waals surface area contributed by atoms with Gasteiger partial charge in [-0.15, -0.1) is 0 Å². The monoisotopic (exact) mass is 396 g/mol. The first kappa shape index (κ1) is 18.2. The number of carbonyl (C=O) groups is 2. The highest BCUT2D eigenvalue weighted by molar-refractivity contribution is 8.00. The fraction of sp³-hybridized carbons (Fsp3) is 0.200. The first-order valence-corrected chi connectivity index (χ1v) is 9.56. The summed E-state index contributed by atoms with van der Waals surface area (Å²) in [4.78, 5) is 40.8. The van der Waals surface area contributed by atoms with Crippen molar-refractivity contribution in [2.24, 2.45) is 0 Å². The van der Waals surface area contributed by atoms with Crippen LogP contribution >= 0.6 is 11.8 Å². The van der Waals surface area contributed by atoms with Crippen LogP contribution in [0.3, 0.4) is 0 Å². The van der Waals surface area contributed by atoms with Crippen molar-refractivity contribution >= 4 is 34.6 Å². The number of fused-ring (bicyclic) bond motifs is 1. The second-order valence-electron chi connectivity index (χ2n) is 6.37. The van der Waals surface area contributed by atoms with Crippen LogP contribution in [0.15, 0.2) is 58.5 Å². The highest BCUT2D eigenvalue weighted by Gasteiger charge is 2.29. The zero-order valence-electron chi connectivity index (χ0n) is 14.7. The number of nitrogens with zero attached hydrogens (tertiary/aromatic N) is 2. The van der Waals surface area contributed by atoms with Crippen molar-refractivity contribution in [2.45, 2.75) is 23.4 Å². The van der Waals surface area contributed by atoms with E-state index in [2.05, 4.69) is 4.98 Å². The average molecular weight is 396 g/mol. The van der Waals surface area contributed by atoms with Gasteiger partial charge in [0.05, 0.1) is 29.6 Å². The molecule has 0 saturated carbocycles. The summed E-state index contributed by atoms with van der Waals surface area (Å²) >= 11 is 1.18. The van der Waals surface area contributed by atoms with Gasteiger partial charge in [0, 0.05) is 6.42 Å². The molecule has 1 N–H and O–H groups in total. The van der Waals surface area contributed by atoms with Crippen LogP contribution < -0.4 is 5.56 Å². The molecule has 1 fully saturated rings. The normalized spacial score (nSPS) is 16.3. The molecule has 142 valence electrons. The van der Waals surface area contributed by atoms with Crippen LogP contribution in [0.1, 0.15) is 22.3 Å². The second kappa shape index (κ2) is 7.47. The SMILES string of the molecule is O=C(O)c1ccc2c(=O)n(Cc3ccccc3)c(S[C@H]3CCOC3=O)nc2c1. The molecule has 1 aromatic heterocycles. The molecule has 0 unspecified atom stereocenters. The Labute approximate surface area is 164 Å². The molecule has 28 heavy (non-hydrogen) atoms. The largest absolute Gasteiger partial charge is 0.478 e. The lowest BCUT2D eigenvalue weighted by atomic mass is 10.1. The van der Waals surface area contributed by atoms with Gasteiger partial charge in [0.15, 0.2) is 5.16 Å². The number of hydrogen-bond acceptors (Lipinski definition) is 6. The summed E-state index contributed by atoms with van der Waals surface area (Å²) < 4.78 is 6.53. The second-order valence-corrected chi connectivity index (χ2v) is 7.54. The summed E-state index contributed by atoms with van der Waals surface area (Å²) in [6.45, 7) is 0.642. The van der Waals surface area contributed by atoms with E-state index in [1.54, 1.807) is 0 Å². The molecule has 2 heterocycles. The van der Waals surface area contributed by atoms with Gasteiger partial charge in [0.2, 0.25) is 0 Å². The standard InChI is InChI=1S/C20H16N2O5S/c23-17-14-7-6-13(18(24)25)10-15(14)21-20(28-16-8-9-27-19(16)26)22(17)11-12-4-2-1-3-5-12/h1-7,10,16H,8-9,11H2,(H,24,25)/t16-/m0/s1. The van der Waals surface area contributed by atoms with Crippen LogP contribution in [0.5, 0.6) is 0 Å². The third kappa shape index (κ3) is 3.50. The predicted octanol–water partition coefficient (Wildman–Crippen LogP) is 2.55.